The largest absolute Gasteiger partial charge is 0.490 e. The number of nitrogens with zero attached hydrogens (tertiary/aromatic N) is 3. The third kappa shape index (κ3) is 8.88. The highest BCUT2D eigenvalue weighted by atomic mass is 32.2. The number of benzene rings is 1. The molecule has 0 bridgehead atoms. The highest BCUT2D eigenvalue weighted by Gasteiger charge is 2.32. The lowest BCUT2D eigenvalue weighted by Crippen LogP contribution is -2.48. The van der Waals surface area contributed by atoms with Crippen molar-refractivity contribution in [3.05, 3.63) is 71.4 Å². The Morgan fingerprint density at radius 3 is 2.64 bits per heavy atom. The van der Waals surface area contributed by atoms with Gasteiger partial charge in [0.2, 0.25) is 0 Å². The van der Waals surface area contributed by atoms with E-state index >= 15 is 0 Å². The Morgan fingerprint density at radius 2 is 1.96 bits per heavy atom. The summed E-state index contributed by atoms with van der Waals surface area (Å²) >= 11 is 1.16. The van der Waals surface area contributed by atoms with Gasteiger partial charge in [-0.1, -0.05) is 13.0 Å². The first-order valence-corrected chi connectivity index (χ1v) is 17.4. The standard InChI is InChI=1S/C32H42N4O7S2/c1-22-19-36(23(2)21-37)32(39)27-18-26(34-31(38)25-12-14-33-15-13-25)10-11-28(27)43-24(3)8-5-6-16-42-29(22)20-35(4)45(40,41)30-9-7-17-44-30/h7,9-15,17-18,22-24,29,37H,5-6,8,16,19-21H2,1-4H3,(H,34,38)/t22-,23+,24+,29+/m0/s1. The van der Waals surface area contributed by atoms with Crippen molar-refractivity contribution < 1.29 is 32.6 Å². The molecule has 1 aliphatic heterocycles. The highest BCUT2D eigenvalue weighted by molar-refractivity contribution is 7.91. The molecule has 0 saturated carbocycles. The first-order chi connectivity index (χ1) is 21.5. The number of carbonyl (C=O) groups is 2. The van der Waals surface area contributed by atoms with E-state index in [4.69, 9.17) is 9.47 Å². The second kappa shape index (κ2) is 15.8. The van der Waals surface area contributed by atoms with Crippen LogP contribution in [-0.4, -0.2) is 91.1 Å². The van der Waals surface area contributed by atoms with Crippen LogP contribution in [-0.2, 0) is 14.8 Å². The molecule has 0 radical (unpaired) electrons. The first kappa shape index (κ1) is 34.5. The summed E-state index contributed by atoms with van der Waals surface area (Å²) in [5.41, 5.74) is 1.07. The SMILES string of the molecule is C[C@@H]1CCCCO[C@H](CN(C)S(=O)(=O)c2cccs2)[C@@H](C)CN([C@H](C)CO)C(=O)c2cc(NC(=O)c3ccncc3)ccc2O1. The maximum Gasteiger partial charge on any atom is 0.258 e. The molecular weight excluding hydrogens is 617 g/mol. The topological polar surface area (TPSA) is 138 Å². The summed E-state index contributed by atoms with van der Waals surface area (Å²) in [6.45, 7) is 6.01. The van der Waals surface area contributed by atoms with Gasteiger partial charge in [-0.05, 0) is 74.9 Å². The number of aliphatic hydroxyl groups is 1. The zero-order valence-electron chi connectivity index (χ0n) is 26.1. The summed E-state index contributed by atoms with van der Waals surface area (Å²) in [6, 6.07) is 10.9. The Morgan fingerprint density at radius 1 is 1.20 bits per heavy atom. The fraction of sp³-hybridized carbons (Fsp3) is 0.469. The number of carbonyl (C=O) groups excluding carboxylic acids is 2. The molecular formula is C32H42N4O7S2. The molecule has 2 N–H and O–H groups in total. The smallest absolute Gasteiger partial charge is 0.258 e. The molecule has 3 heterocycles. The number of anilines is 1. The van der Waals surface area contributed by atoms with Gasteiger partial charge in [0.25, 0.3) is 21.8 Å². The molecule has 4 atom stereocenters. The van der Waals surface area contributed by atoms with Gasteiger partial charge in [0, 0.05) is 56.3 Å². The van der Waals surface area contributed by atoms with E-state index in [-0.39, 0.29) is 53.3 Å². The van der Waals surface area contributed by atoms with Gasteiger partial charge in [-0.2, -0.15) is 4.31 Å². The molecule has 3 aromatic rings. The monoisotopic (exact) mass is 658 g/mol. The average Bonchev–Trinajstić information content (AvgIpc) is 3.59. The third-order valence-corrected chi connectivity index (χ3v) is 11.0. The molecule has 1 aromatic carbocycles. The van der Waals surface area contributed by atoms with Crippen molar-refractivity contribution in [1.29, 1.82) is 0 Å². The number of rotatable bonds is 8. The van der Waals surface area contributed by atoms with Crippen LogP contribution in [0.4, 0.5) is 5.69 Å². The van der Waals surface area contributed by atoms with Crippen LogP contribution in [0.3, 0.4) is 0 Å². The number of pyridine rings is 1. The summed E-state index contributed by atoms with van der Waals surface area (Å²) in [5.74, 6) is -0.662. The quantitative estimate of drug-likeness (QED) is 0.361. The lowest BCUT2D eigenvalue weighted by molar-refractivity contribution is -0.00832. The molecule has 0 spiro atoms. The molecule has 0 fully saturated rings. The molecule has 244 valence electrons. The van der Waals surface area contributed by atoms with Crippen LogP contribution < -0.4 is 10.1 Å². The molecule has 2 amide bonds. The lowest BCUT2D eigenvalue weighted by Gasteiger charge is -2.35. The number of aromatic nitrogens is 1. The molecule has 0 unspecified atom stereocenters. The minimum Gasteiger partial charge on any atom is -0.490 e. The molecule has 11 nitrogen and oxygen atoms in total. The first-order valence-electron chi connectivity index (χ1n) is 15.1. The number of hydrogen-bond donors (Lipinski definition) is 2. The number of likely N-dealkylation sites (N-methyl/N-ethyl adjacent to an activating group) is 1. The fourth-order valence-corrected chi connectivity index (χ4v) is 7.47. The Labute approximate surface area is 269 Å². The third-order valence-electron chi connectivity index (χ3n) is 7.85. The maximum atomic E-state index is 14.3. The van der Waals surface area contributed by atoms with Crippen molar-refractivity contribution in [3.8, 4) is 5.75 Å². The number of ether oxygens (including phenoxy) is 2. The summed E-state index contributed by atoms with van der Waals surface area (Å²) < 4.78 is 40.5. The minimum atomic E-state index is -3.71. The van der Waals surface area contributed by atoms with Gasteiger partial charge in [-0.25, -0.2) is 8.42 Å². The van der Waals surface area contributed by atoms with Crippen molar-refractivity contribution >= 4 is 38.9 Å². The summed E-state index contributed by atoms with van der Waals surface area (Å²) in [5, 5.41) is 14.7. The minimum absolute atomic E-state index is 0.0955. The lowest BCUT2D eigenvalue weighted by atomic mass is 10.0. The zero-order valence-corrected chi connectivity index (χ0v) is 27.7. The Bertz CT molecular complexity index is 1520. The van der Waals surface area contributed by atoms with Gasteiger partial charge in [0.15, 0.2) is 0 Å². The van der Waals surface area contributed by atoms with Crippen LogP contribution >= 0.6 is 11.3 Å². The van der Waals surface area contributed by atoms with Crippen LogP contribution in [0.1, 0.15) is 60.7 Å². The van der Waals surface area contributed by atoms with E-state index in [1.807, 2.05) is 13.8 Å². The van der Waals surface area contributed by atoms with E-state index in [1.165, 1.54) is 23.7 Å². The summed E-state index contributed by atoms with van der Waals surface area (Å²) in [6.07, 6.45) is 4.59. The van der Waals surface area contributed by atoms with Crippen LogP contribution in [0.25, 0.3) is 0 Å². The van der Waals surface area contributed by atoms with Crippen molar-refractivity contribution in [2.45, 2.75) is 62.5 Å². The average molecular weight is 659 g/mol. The van der Waals surface area contributed by atoms with Gasteiger partial charge in [-0.3, -0.25) is 14.6 Å². The van der Waals surface area contributed by atoms with Gasteiger partial charge in [0.1, 0.15) is 9.96 Å². The van der Waals surface area contributed by atoms with Crippen LogP contribution in [0.2, 0.25) is 0 Å². The van der Waals surface area contributed by atoms with E-state index in [0.29, 0.717) is 30.0 Å². The number of thiophene rings is 1. The highest BCUT2D eigenvalue weighted by Crippen LogP contribution is 2.29. The fourth-order valence-electron chi connectivity index (χ4n) is 5.08. The molecule has 13 heteroatoms. The van der Waals surface area contributed by atoms with Gasteiger partial charge < -0.3 is 24.8 Å². The maximum absolute atomic E-state index is 14.3. The number of nitrogens with one attached hydrogen (secondary N) is 1. The van der Waals surface area contributed by atoms with Gasteiger partial charge >= 0.3 is 0 Å². The zero-order chi connectivity index (χ0) is 32.6. The Kier molecular flexibility index (Phi) is 12.1. The van der Waals surface area contributed by atoms with E-state index in [2.05, 4.69) is 10.3 Å². The van der Waals surface area contributed by atoms with Gasteiger partial charge in [-0.15, -0.1) is 11.3 Å². The predicted molar refractivity (Wildman–Crippen MR) is 173 cm³/mol. The van der Waals surface area contributed by atoms with E-state index < -0.39 is 22.2 Å². The molecule has 4 rings (SSSR count). The number of aliphatic hydroxyl groups excluding tert-OH is 1. The van der Waals surface area contributed by atoms with E-state index in [1.54, 1.807) is 59.7 Å². The number of sulfonamides is 1. The molecule has 1 aliphatic rings. The van der Waals surface area contributed by atoms with E-state index in [9.17, 15) is 23.1 Å². The molecule has 2 aromatic heterocycles. The van der Waals surface area contributed by atoms with Crippen molar-refractivity contribution in [3.63, 3.8) is 0 Å². The summed E-state index contributed by atoms with van der Waals surface area (Å²) in [7, 11) is -2.18. The Balaban J connectivity index is 1.65. The number of hydrogen-bond acceptors (Lipinski definition) is 9. The second-order valence-corrected chi connectivity index (χ2v) is 14.6. The van der Waals surface area contributed by atoms with Crippen LogP contribution in [0, 0.1) is 5.92 Å². The van der Waals surface area contributed by atoms with Crippen molar-refractivity contribution in [2.24, 2.45) is 5.92 Å². The van der Waals surface area contributed by atoms with Crippen LogP contribution in [0.15, 0.2) is 64.4 Å². The number of fused-ring (bicyclic) bond motifs is 1. The van der Waals surface area contributed by atoms with E-state index in [0.717, 1.165) is 24.2 Å². The normalized spacial score (nSPS) is 21.0. The Hall–Kier alpha value is -3.36. The van der Waals surface area contributed by atoms with Crippen molar-refractivity contribution in [1.82, 2.24) is 14.2 Å². The molecule has 0 saturated heterocycles. The predicted octanol–water partition coefficient (Wildman–Crippen LogP) is 4.51. The second-order valence-electron chi connectivity index (χ2n) is 11.4. The molecule has 0 aliphatic carbocycles. The molecule has 45 heavy (non-hydrogen) atoms. The van der Waals surface area contributed by atoms with Crippen molar-refractivity contribution in [2.75, 3.05) is 38.7 Å². The number of amides is 2. The van der Waals surface area contributed by atoms with Gasteiger partial charge in [0.05, 0.1) is 30.4 Å². The summed E-state index contributed by atoms with van der Waals surface area (Å²) in [4.78, 5) is 32.7. The van der Waals surface area contributed by atoms with Crippen LogP contribution in [0.5, 0.6) is 5.75 Å².